The summed E-state index contributed by atoms with van der Waals surface area (Å²) in [5, 5.41) is 54.5. The molecule has 5 rings (SSSR count). The van der Waals surface area contributed by atoms with Crippen molar-refractivity contribution in [2.24, 2.45) is 0 Å². The van der Waals surface area contributed by atoms with E-state index in [0.717, 1.165) is 16.7 Å². The van der Waals surface area contributed by atoms with Gasteiger partial charge in [0.2, 0.25) is 5.79 Å². The first kappa shape index (κ1) is 41.2. The van der Waals surface area contributed by atoms with Crippen LogP contribution in [0, 0.1) is 20.8 Å². The van der Waals surface area contributed by atoms with Crippen LogP contribution in [0.1, 0.15) is 16.7 Å². The first-order valence-corrected chi connectivity index (χ1v) is 20.3. The van der Waals surface area contributed by atoms with Crippen LogP contribution < -0.4 is 0 Å². The molecule has 2 heterocycles. The van der Waals surface area contributed by atoms with Crippen LogP contribution in [0.3, 0.4) is 0 Å². The van der Waals surface area contributed by atoms with Crippen molar-refractivity contribution < 1.29 is 77.5 Å². The fraction of sp³-hybridized carbons (Fsp3) is 0.455. The molecule has 292 valence electrons. The predicted molar refractivity (Wildman–Crippen MR) is 180 cm³/mol. The molecule has 3 aromatic carbocycles. The van der Waals surface area contributed by atoms with Crippen LogP contribution in [-0.4, -0.2) is 125 Å². The molecule has 0 spiro atoms. The number of aliphatic hydroxyl groups excluding tert-OH is 5. The van der Waals surface area contributed by atoms with Crippen molar-refractivity contribution in [3.63, 3.8) is 0 Å². The van der Waals surface area contributed by atoms with Crippen molar-refractivity contribution >= 4 is 30.4 Å². The second kappa shape index (κ2) is 16.0. The highest BCUT2D eigenvalue weighted by Gasteiger charge is 2.60. The van der Waals surface area contributed by atoms with E-state index in [1.807, 2.05) is 0 Å². The summed E-state index contributed by atoms with van der Waals surface area (Å²) >= 11 is 0. The largest absolute Gasteiger partial charge is 0.387 e. The Hall–Kier alpha value is -2.93. The Labute approximate surface area is 306 Å². The molecule has 53 heavy (non-hydrogen) atoms. The molecule has 2 saturated heterocycles. The summed E-state index contributed by atoms with van der Waals surface area (Å²) in [5.74, 6) is -2.80. The van der Waals surface area contributed by atoms with Crippen LogP contribution in [0.4, 0.5) is 0 Å². The van der Waals surface area contributed by atoms with E-state index >= 15 is 0 Å². The normalized spacial score (nSPS) is 29.7. The second-order valence-corrected chi connectivity index (χ2v) is 17.5. The Bertz CT molecular complexity index is 2040. The predicted octanol–water partition coefficient (Wildman–Crippen LogP) is -0.231. The van der Waals surface area contributed by atoms with E-state index in [-0.39, 0.29) is 14.7 Å². The summed E-state index contributed by atoms with van der Waals surface area (Å²) in [4.78, 5) is -0.799. The van der Waals surface area contributed by atoms with Crippen molar-refractivity contribution in [3.05, 3.63) is 89.5 Å². The molecule has 2 fully saturated rings. The van der Waals surface area contributed by atoms with Crippen molar-refractivity contribution in [1.82, 2.24) is 0 Å². The summed E-state index contributed by atoms with van der Waals surface area (Å²) in [7, 11) is -13.5. The quantitative estimate of drug-likeness (QED) is 0.132. The van der Waals surface area contributed by atoms with Gasteiger partial charge in [-0.2, -0.15) is 25.3 Å². The summed E-state index contributed by atoms with van der Waals surface area (Å²) in [6, 6.07) is 16.6. The summed E-state index contributed by atoms with van der Waals surface area (Å²) in [6.45, 7) is 2.06. The van der Waals surface area contributed by atoms with Crippen LogP contribution in [0.25, 0.3) is 0 Å². The SMILES string of the molecule is Cc1ccc(S(=O)(=O)OCC2O[C@H](OC3(COS(=O)(=O)c4ccc(C)cc4)O[C@H](COS(=O)(=O)c4ccc(C)cc4)[C@@H](O)[C@@H]3O)[C@@H](O)C(O)[C@@H]2O)cc1. The minimum absolute atomic E-state index is 0.234. The number of hydrogen-bond acceptors (Lipinski definition) is 17. The molecular weight excluding hydrogens is 765 g/mol. The number of rotatable bonds is 14. The average Bonchev–Trinajstić information content (AvgIpc) is 3.35. The Kier molecular flexibility index (Phi) is 12.5. The molecule has 0 aliphatic carbocycles. The van der Waals surface area contributed by atoms with E-state index in [1.165, 1.54) is 72.8 Å². The van der Waals surface area contributed by atoms with E-state index < -0.39 is 105 Å². The fourth-order valence-corrected chi connectivity index (χ4v) is 8.15. The molecule has 20 heteroatoms. The Morgan fingerprint density at radius 2 is 0.943 bits per heavy atom. The first-order valence-electron chi connectivity index (χ1n) is 16.0. The molecule has 5 N–H and O–H groups in total. The van der Waals surface area contributed by atoms with Crippen molar-refractivity contribution in [2.75, 3.05) is 19.8 Å². The highest BCUT2D eigenvalue weighted by atomic mass is 32.2. The molecule has 9 atom stereocenters. The van der Waals surface area contributed by atoms with Gasteiger partial charge in [-0.1, -0.05) is 53.1 Å². The zero-order chi connectivity index (χ0) is 38.9. The molecule has 2 aliphatic heterocycles. The number of hydrogen-bond donors (Lipinski definition) is 5. The van der Waals surface area contributed by atoms with E-state index in [1.54, 1.807) is 20.8 Å². The third-order valence-corrected chi connectivity index (χ3v) is 12.5. The lowest BCUT2D eigenvalue weighted by atomic mass is 9.99. The number of aliphatic hydroxyl groups is 5. The minimum Gasteiger partial charge on any atom is -0.387 e. The van der Waals surface area contributed by atoms with Gasteiger partial charge in [-0.15, -0.1) is 0 Å². The fourth-order valence-electron chi connectivity index (χ4n) is 5.38. The van der Waals surface area contributed by atoms with Gasteiger partial charge in [0.15, 0.2) is 6.29 Å². The smallest absolute Gasteiger partial charge is 0.297 e. The minimum atomic E-state index is -4.63. The molecule has 17 nitrogen and oxygen atoms in total. The van der Waals surface area contributed by atoms with E-state index in [9.17, 15) is 50.8 Å². The van der Waals surface area contributed by atoms with Gasteiger partial charge in [0.05, 0.1) is 27.9 Å². The van der Waals surface area contributed by atoms with Crippen molar-refractivity contribution in [1.29, 1.82) is 0 Å². The molecule has 0 amide bonds. The van der Waals surface area contributed by atoms with Gasteiger partial charge < -0.3 is 39.7 Å². The summed E-state index contributed by atoms with van der Waals surface area (Å²) in [5.41, 5.74) is 2.25. The van der Waals surface area contributed by atoms with E-state index in [2.05, 4.69) is 0 Å². The third kappa shape index (κ3) is 9.31. The second-order valence-electron chi connectivity index (χ2n) is 12.7. The number of aryl methyl sites for hydroxylation is 3. The van der Waals surface area contributed by atoms with Gasteiger partial charge in [-0.05, 0) is 57.2 Å². The van der Waals surface area contributed by atoms with Gasteiger partial charge in [0, 0.05) is 0 Å². The summed E-state index contributed by atoms with van der Waals surface area (Å²) < 4.78 is 110. The maximum Gasteiger partial charge on any atom is 0.297 e. The van der Waals surface area contributed by atoms with Crippen molar-refractivity contribution in [2.45, 2.75) is 90.3 Å². The third-order valence-electron chi connectivity index (χ3n) is 8.61. The Balaban J connectivity index is 1.40. The molecule has 3 aromatic rings. The van der Waals surface area contributed by atoms with Gasteiger partial charge in [0.1, 0.15) is 49.3 Å². The molecule has 0 radical (unpaired) electrons. The summed E-state index contributed by atoms with van der Waals surface area (Å²) in [6.07, 6.45) is -16.1. The maximum atomic E-state index is 13.2. The lowest BCUT2D eigenvalue weighted by Crippen LogP contribution is -2.63. The highest BCUT2D eigenvalue weighted by molar-refractivity contribution is 7.87. The van der Waals surface area contributed by atoms with Crippen LogP contribution in [0.15, 0.2) is 87.5 Å². The Morgan fingerprint density at radius 3 is 1.38 bits per heavy atom. The highest BCUT2D eigenvalue weighted by Crippen LogP contribution is 2.38. The molecule has 3 unspecified atom stereocenters. The Morgan fingerprint density at radius 1 is 0.547 bits per heavy atom. The lowest BCUT2D eigenvalue weighted by molar-refractivity contribution is -0.381. The van der Waals surface area contributed by atoms with Gasteiger partial charge >= 0.3 is 0 Å². The lowest BCUT2D eigenvalue weighted by Gasteiger charge is -2.43. The topological polar surface area (TPSA) is 259 Å². The molecule has 0 bridgehead atoms. The number of ether oxygens (including phenoxy) is 3. The number of benzene rings is 3. The molecular formula is C33H40O17S3. The van der Waals surface area contributed by atoms with Gasteiger partial charge in [-0.25, -0.2) is 0 Å². The first-order chi connectivity index (χ1) is 24.7. The molecule has 2 aliphatic rings. The monoisotopic (exact) mass is 804 g/mol. The van der Waals surface area contributed by atoms with E-state index in [4.69, 9.17) is 26.8 Å². The van der Waals surface area contributed by atoms with Gasteiger partial charge in [0.25, 0.3) is 30.4 Å². The van der Waals surface area contributed by atoms with Crippen LogP contribution in [0.5, 0.6) is 0 Å². The van der Waals surface area contributed by atoms with Crippen molar-refractivity contribution in [3.8, 4) is 0 Å². The van der Waals surface area contributed by atoms with Crippen LogP contribution in [-0.2, 0) is 57.1 Å². The molecule has 0 saturated carbocycles. The standard InChI is InChI=1S/C33H40O17S3/c1-19-4-10-22(11-5-19)51(39,40)45-16-25-27(34)29(36)30(37)32(48-25)50-33(18-47-53(43,44)24-14-8-21(3)9-15-24)31(38)28(35)26(49-33)17-46-52(41,42)23-12-6-20(2)7-13-23/h4-15,25-32,34-38H,16-18H2,1-3H3/t25?,26-,27-,28-,29?,30+,31+,32-,33?/m1/s1. The maximum absolute atomic E-state index is 13.2. The molecule has 0 aromatic heterocycles. The van der Waals surface area contributed by atoms with Crippen LogP contribution in [0.2, 0.25) is 0 Å². The van der Waals surface area contributed by atoms with Gasteiger partial charge in [-0.3, -0.25) is 12.5 Å². The average molecular weight is 805 g/mol. The zero-order valence-electron chi connectivity index (χ0n) is 28.5. The zero-order valence-corrected chi connectivity index (χ0v) is 31.0. The van der Waals surface area contributed by atoms with E-state index in [0.29, 0.717) is 0 Å². The van der Waals surface area contributed by atoms with Crippen LogP contribution >= 0.6 is 0 Å².